The summed E-state index contributed by atoms with van der Waals surface area (Å²) in [4.78, 5) is 17.8. The highest BCUT2D eigenvalue weighted by Gasteiger charge is 2.29. The van der Waals surface area contributed by atoms with Crippen LogP contribution in [0.5, 0.6) is 11.5 Å². The number of ether oxygens (including phenoxy) is 2. The number of imidazole rings is 1. The summed E-state index contributed by atoms with van der Waals surface area (Å²) in [5.41, 5.74) is 0.276. The Kier molecular flexibility index (Phi) is 6.17. The topological polar surface area (TPSA) is 56.6 Å². The van der Waals surface area contributed by atoms with E-state index in [2.05, 4.69) is 20.9 Å². The summed E-state index contributed by atoms with van der Waals surface area (Å²) in [6, 6.07) is 3.04. The van der Waals surface area contributed by atoms with Crippen LogP contribution in [0.15, 0.2) is 29.0 Å². The summed E-state index contributed by atoms with van der Waals surface area (Å²) in [7, 11) is 4.38. The highest BCUT2D eigenvalue weighted by atomic mass is 79.9. The lowest BCUT2D eigenvalue weighted by Crippen LogP contribution is -2.29. The molecule has 0 bridgehead atoms. The number of methoxy groups -OCH3 is 2. The Morgan fingerprint density at radius 2 is 1.85 bits per heavy atom. The van der Waals surface area contributed by atoms with E-state index < -0.39 is 18.6 Å². The maximum atomic E-state index is 12.7. The monoisotopic (exact) mass is 435 g/mol. The second-order valence-electron chi connectivity index (χ2n) is 5.44. The molecule has 2 aromatic rings. The van der Waals surface area contributed by atoms with E-state index in [-0.39, 0.29) is 17.9 Å². The molecule has 0 aliphatic heterocycles. The van der Waals surface area contributed by atoms with Crippen LogP contribution in [0.3, 0.4) is 0 Å². The van der Waals surface area contributed by atoms with E-state index in [1.165, 1.54) is 50.7 Å². The summed E-state index contributed by atoms with van der Waals surface area (Å²) in [6.45, 7) is -1.24. The minimum Gasteiger partial charge on any atom is -0.495 e. The Morgan fingerprint density at radius 1 is 1.27 bits per heavy atom. The van der Waals surface area contributed by atoms with Crippen molar-refractivity contribution >= 4 is 21.8 Å². The van der Waals surface area contributed by atoms with Gasteiger partial charge in [-0.25, -0.2) is 4.98 Å². The quantitative estimate of drug-likeness (QED) is 0.696. The van der Waals surface area contributed by atoms with Gasteiger partial charge in [-0.15, -0.1) is 0 Å². The fourth-order valence-electron chi connectivity index (χ4n) is 2.33. The van der Waals surface area contributed by atoms with Gasteiger partial charge in [0.15, 0.2) is 0 Å². The Labute approximate surface area is 156 Å². The number of benzene rings is 1. The molecule has 0 N–H and O–H groups in total. The van der Waals surface area contributed by atoms with Crippen LogP contribution in [-0.4, -0.2) is 47.8 Å². The number of nitrogens with zero attached hydrogens (tertiary/aromatic N) is 3. The van der Waals surface area contributed by atoms with Gasteiger partial charge in [-0.3, -0.25) is 4.79 Å². The molecule has 0 atom stereocenters. The van der Waals surface area contributed by atoms with Gasteiger partial charge in [0.05, 0.1) is 20.8 Å². The number of rotatable bonds is 6. The molecule has 1 aromatic carbocycles. The highest BCUT2D eigenvalue weighted by molar-refractivity contribution is 9.10. The number of carbonyl (C=O) groups is 1. The van der Waals surface area contributed by atoms with Crippen molar-refractivity contribution in [2.24, 2.45) is 0 Å². The van der Waals surface area contributed by atoms with E-state index in [9.17, 15) is 18.0 Å². The highest BCUT2D eigenvalue weighted by Crippen LogP contribution is 2.36. The molecule has 1 amide bonds. The molecule has 0 spiro atoms. The molecule has 142 valence electrons. The van der Waals surface area contributed by atoms with E-state index in [1.807, 2.05) is 0 Å². The van der Waals surface area contributed by atoms with Crippen LogP contribution in [0.4, 0.5) is 13.2 Å². The number of hydrogen-bond acceptors (Lipinski definition) is 4. The first-order valence-corrected chi connectivity index (χ1v) is 8.19. The molecule has 2 rings (SSSR count). The maximum Gasteiger partial charge on any atom is 0.406 e. The lowest BCUT2D eigenvalue weighted by molar-refractivity contribution is -0.141. The van der Waals surface area contributed by atoms with Gasteiger partial charge in [0, 0.05) is 25.0 Å². The number of halogens is 4. The largest absolute Gasteiger partial charge is 0.495 e. The first-order valence-electron chi connectivity index (χ1n) is 7.40. The Bertz CT molecular complexity index is 768. The number of hydrogen-bond donors (Lipinski definition) is 0. The second-order valence-corrected chi connectivity index (χ2v) is 6.24. The fraction of sp³-hybridized carbons (Fsp3) is 0.375. The molecule has 26 heavy (non-hydrogen) atoms. The van der Waals surface area contributed by atoms with Gasteiger partial charge in [-0.1, -0.05) is 0 Å². The number of amides is 1. The van der Waals surface area contributed by atoms with E-state index in [4.69, 9.17) is 9.47 Å². The second kappa shape index (κ2) is 7.98. The van der Waals surface area contributed by atoms with Crippen molar-refractivity contribution < 1.29 is 27.4 Å². The van der Waals surface area contributed by atoms with Crippen LogP contribution in [0.1, 0.15) is 16.2 Å². The number of carbonyl (C=O) groups excluding carboxylic acids is 1. The Morgan fingerprint density at radius 3 is 2.35 bits per heavy atom. The fourth-order valence-corrected chi connectivity index (χ4v) is 2.88. The van der Waals surface area contributed by atoms with Gasteiger partial charge in [-0.05, 0) is 28.1 Å². The minimum atomic E-state index is -4.37. The molecule has 0 saturated heterocycles. The van der Waals surface area contributed by atoms with Crippen LogP contribution in [0.2, 0.25) is 0 Å². The van der Waals surface area contributed by atoms with Crippen LogP contribution in [0, 0.1) is 0 Å². The van der Waals surface area contributed by atoms with Crippen molar-refractivity contribution in [3.63, 3.8) is 0 Å². The van der Waals surface area contributed by atoms with Crippen molar-refractivity contribution in [2.45, 2.75) is 19.3 Å². The lowest BCUT2D eigenvalue weighted by Gasteiger charge is -2.19. The van der Waals surface area contributed by atoms with Crippen molar-refractivity contribution in [1.29, 1.82) is 0 Å². The third-order valence-corrected chi connectivity index (χ3v) is 4.35. The summed E-state index contributed by atoms with van der Waals surface area (Å²) in [5.74, 6) is 0.532. The van der Waals surface area contributed by atoms with Gasteiger partial charge >= 0.3 is 6.18 Å². The van der Waals surface area contributed by atoms with E-state index in [0.717, 1.165) is 4.57 Å². The lowest BCUT2D eigenvalue weighted by atomic mass is 10.1. The Balaban J connectivity index is 2.22. The zero-order valence-electron chi connectivity index (χ0n) is 14.3. The van der Waals surface area contributed by atoms with Crippen molar-refractivity contribution in [3.05, 3.63) is 40.4 Å². The zero-order chi connectivity index (χ0) is 19.5. The molecular weight excluding hydrogens is 419 g/mol. The van der Waals surface area contributed by atoms with Crippen LogP contribution < -0.4 is 9.47 Å². The smallest absolute Gasteiger partial charge is 0.406 e. The van der Waals surface area contributed by atoms with Crippen molar-refractivity contribution in [2.75, 3.05) is 21.3 Å². The molecule has 10 heteroatoms. The number of alkyl halides is 3. The van der Waals surface area contributed by atoms with E-state index in [1.54, 1.807) is 0 Å². The molecule has 0 saturated carbocycles. The first-order chi connectivity index (χ1) is 12.2. The molecule has 0 unspecified atom stereocenters. The van der Waals surface area contributed by atoms with Gasteiger partial charge in [-0.2, -0.15) is 13.2 Å². The average molecular weight is 436 g/mol. The predicted molar refractivity (Wildman–Crippen MR) is 91.3 cm³/mol. The van der Waals surface area contributed by atoms with Gasteiger partial charge in [0.2, 0.25) is 0 Å². The molecule has 1 aromatic heterocycles. The predicted octanol–water partition coefficient (Wildman–Crippen LogP) is 3.50. The Hall–Kier alpha value is -2.23. The van der Waals surface area contributed by atoms with Crippen molar-refractivity contribution in [1.82, 2.24) is 14.5 Å². The van der Waals surface area contributed by atoms with Crippen LogP contribution in [0.25, 0.3) is 0 Å². The number of aromatic nitrogens is 2. The average Bonchev–Trinajstić information content (AvgIpc) is 2.99. The molecular formula is C16H17BrF3N3O3. The summed E-state index contributed by atoms with van der Waals surface area (Å²) in [6.07, 6.45) is -1.87. The third kappa shape index (κ3) is 4.69. The molecule has 0 radical (unpaired) electrons. The zero-order valence-corrected chi connectivity index (χ0v) is 15.9. The molecule has 6 nitrogen and oxygen atoms in total. The molecule has 1 heterocycles. The normalized spacial score (nSPS) is 11.3. The SMILES string of the molecule is COc1cc(C(=O)N(C)Cc2nccn2CC(F)(F)F)cc(OC)c1Br. The van der Waals surface area contributed by atoms with Crippen LogP contribution >= 0.6 is 15.9 Å². The van der Waals surface area contributed by atoms with E-state index in [0.29, 0.717) is 16.0 Å². The molecule has 0 aliphatic carbocycles. The van der Waals surface area contributed by atoms with Gasteiger partial charge < -0.3 is 18.9 Å². The minimum absolute atomic E-state index is 0.0807. The van der Waals surface area contributed by atoms with Crippen molar-refractivity contribution in [3.8, 4) is 11.5 Å². The van der Waals surface area contributed by atoms with Gasteiger partial charge in [0.1, 0.15) is 28.3 Å². The third-order valence-electron chi connectivity index (χ3n) is 3.57. The maximum absolute atomic E-state index is 12.7. The first kappa shape index (κ1) is 20.1. The standard InChI is InChI=1S/C16H17BrF3N3O3/c1-22(8-13-21-4-5-23(13)9-16(18,19)20)15(24)10-6-11(25-2)14(17)12(7-10)26-3/h4-7H,8-9H2,1-3H3. The molecule has 0 aliphatic rings. The summed E-state index contributed by atoms with van der Waals surface area (Å²) >= 11 is 3.31. The van der Waals surface area contributed by atoms with Gasteiger partial charge in [0.25, 0.3) is 5.91 Å². The van der Waals surface area contributed by atoms with E-state index >= 15 is 0 Å². The van der Waals surface area contributed by atoms with Crippen LogP contribution in [-0.2, 0) is 13.1 Å². The summed E-state index contributed by atoms with van der Waals surface area (Å²) in [5, 5.41) is 0. The summed E-state index contributed by atoms with van der Waals surface area (Å²) < 4.78 is 49.7. The molecule has 0 fully saturated rings.